The second-order valence-corrected chi connectivity index (χ2v) is 4.38. The Morgan fingerprint density at radius 1 is 1.42 bits per heavy atom. The van der Waals surface area contributed by atoms with Crippen LogP contribution in [0, 0.1) is 6.92 Å². The van der Waals surface area contributed by atoms with Crippen molar-refractivity contribution in [2.45, 2.75) is 19.4 Å². The van der Waals surface area contributed by atoms with E-state index in [1.165, 1.54) is 0 Å². The maximum absolute atomic E-state index is 11.7. The monoisotopic (exact) mass is 259 g/mol. The van der Waals surface area contributed by atoms with Crippen molar-refractivity contribution >= 4 is 5.91 Å². The molecular weight excluding hydrogens is 242 g/mol. The lowest BCUT2D eigenvalue weighted by Crippen LogP contribution is -2.27. The van der Waals surface area contributed by atoms with Gasteiger partial charge in [-0.15, -0.1) is 0 Å². The van der Waals surface area contributed by atoms with E-state index in [4.69, 9.17) is 10.3 Å². The van der Waals surface area contributed by atoms with Gasteiger partial charge in [-0.1, -0.05) is 35.5 Å². The summed E-state index contributed by atoms with van der Waals surface area (Å²) in [5.74, 6) is 0.378. The van der Waals surface area contributed by atoms with Crippen LogP contribution in [-0.4, -0.2) is 17.6 Å². The first-order chi connectivity index (χ1) is 9.16. The summed E-state index contributed by atoms with van der Waals surface area (Å²) in [6.45, 7) is 2.25. The van der Waals surface area contributed by atoms with E-state index in [-0.39, 0.29) is 11.9 Å². The predicted octanol–water partition coefficient (Wildman–Crippen LogP) is 1.80. The van der Waals surface area contributed by atoms with Gasteiger partial charge in [0.25, 0.3) is 5.91 Å². The van der Waals surface area contributed by atoms with Crippen molar-refractivity contribution in [1.82, 2.24) is 10.5 Å². The summed E-state index contributed by atoms with van der Waals surface area (Å²) in [5, 5.41) is 6.42. The molecule has 1 aromatic heterocycles. The number of hydrogen-bond acceptors (Lipinski definition) is 4. The SMILES string of the molecule is Cc1cc(C(=O)NCCC(N)c2ccccc2)no1. The van der Waals surface area contributed by atoms with Gasteiger partial charge in [-0.05, 0) is 18.9 Å². The average Bonchev–Trinajstić information content (AvgIpc) is 2.86. The molecule has 1 amide bonds. The Hall–Kier alpha value is -2.14. The molecule has 100 valence electrons. The molecule has 2 rings (SSSR count). The molecule has 0 saturated carbocycles. The van der Waals surface area contributed by atoms with Crippen LogP contribution in [0.3, 0.4) is 0 Å². The molecule has 0 spiro atoms. The Kier molecular flexibility index (Phi) is 4.30. The molecule has 2 aromatic rings. The van der Waals surface area contributed by atoms with Crippen molar-refractivity contribution in [3.63, 3.8) is 0 Å². The molecule has 1 aromatic carbocycles. The minimum atomic E-state index is -0.239. The molecule has 1 heterocycles. The molecule has 5 heteroatoms. The summed E-state index contributed by atoms with van der Waals surface area (Å²) in [5.41, 5.74) is 7.40. The summed E-state index contributed by atoms with van der Waals surface area (Å²) < 4.78 is 4.85. The Labute approximate surface area is 111 Å². The van der Waals surface area contributed by atoms with Gasteiger partial charge in [0.2, 0.25) is 0 Å². The van der Waals surface area contributed by atoms with Crippen LogP contribution in [0.1, 0.15) is 34.3 Å². The molecule has 5 nitrogen and oxygen atoms in total. The number of nitrogens with two attached hydrogens (primary N) is 1. The first kappa shape index (κ1) is 13.3. The maximum atomic E-state index is 11.7. The molecule has 19 heavy (non-hydrogen) atoms. The highest BCUT2D eigenvalue weighted by Crippen LogP contribution is 2.12. The zero-order chi connectivity index (χ0) is 13.7. The molecule has 0 aliphatic rings. The van der Waals surface area contributed by atoms with Gasteiger partial charge < -0.3 is 15.6 Å². The largest absolute Gasteiger partial charge is 0.361 e. The van der Waals surface area contributed by atoms with Gasteiger partial charge in [0, 0.05) is 18.7 Å². The highest BCUT2D eigenvalue weighted by Gasteiger charge is 2.11. The van der Waals surface area contributed by atoms with Gasteiger partial charge in [-0.25, -0.2) is 0 Å². The number of aromatic nitrogens is 1. The van der Waals surface area contributed by atoms with Crippen molar-refractivity contribution in [1.29, 1.82) is 0 Å². The molecule has 0 fully saturated rings. The van der Waals surface area contributed by atoms with Gasteiger partial charge in [0.15, 0.2) is 5.69 Å². The van der Waals surface area contributed by atoms with Gasteiger partial charge >= 0.3 is 0 Å². The second-order valence-electron chi connectivity index (χ2n) is 4.38. The quantitative estimate of drug-likeness (QED) is 0.858. The van der Waals surface area contributed by atoms with Crippen molar-refractivity contribution in [2.24, 2.45) is 5.73 Å². The fourth-order valence-corrected chi connectivity index (χ4v) is 1.77. The number of aryl methyl sites for hydroxylation is 1. The first-order valence-electron chi connectivity index (χ1n) is 6.19. The minimum Gasteiger partial charge on any atom is -0.361 e. The van der Waals surface area contributed by atoms with Crippen LogP contribution in [-0.2, 0) is 0 Å². The maximum Gasteiger partial charge on any atom is 0.273 e. The number of amides is 1. The highest BCUT2D eigenvalue weighted by molar-refractivity contribution is 5.92. The number of rotatable bonds is 5. The predicted molar refractivity (Wildman–Crippen MR) is 71.6 cm³/mol. The minimum absolute atomic E-state index is 0.0828. The van der Waals surface area contributed by atoms with Crippen LogP contribution in [0.15, 0.2) is 40.9 Å². The molecule has 0 bridgehead atoms. The Morgan fingerprint density at radius 2 is 2.16 bits per heavy atom. The van der Waals surface area contributed by atoms with E-state index in [9.17, 15) is 4.79 Å². The number of hydrogen-bond donors (Lipinski definition) is 2. The standard InChI is InChI=1S/C14H17N3O2/c1-10-9-13(17-19-10)14(18)16-8-7-12(15)11-5-3-2-4-6-11/h2-6,9,12H,7-8,15H2,1H3,(H,16,18). The van der Waals surface area contributed by atoms with E-state index < -0.39 is 0 Å². The highest BCUT2D eigenvalue weighted by atomic mass is 16.5. The number of nitrogens with one attached hydrogen (secondary N) is 1. The zero-order valence-electron chi connectivity index (χ0n) is 10.8. The van der Waals surface area contributed by atoms with Gasteiger partial charge in [-0.3, -0.25) is 4.79 Å². The van der Waals surface area contributed by atoms with Crippen LogP contribution >= 0.6 is 0 Å². The fourth-order valence-electron chi connectivity index (χ4n) is 1.77. The van der Waals surface area contributed by atoms with Crippen LogP contribution in [0.4, 0.5) is 0 Å². The van der Waals surface area contributed by atoms with Crippen LogP contribution in [0.5, 0.6) is 0 Å². The van der Waals surface area contributed by atoms with Crippen LogP contribution < -0.4 is 11.1 Å². The van der Waals surface area contributed by atoms with Crippen molar-refractivity contribution in [3.05, 3.63) is 53.4 Å². The Balaban J connectivity index is 1.79. The Bertz CT molecular complexity index is 537. The van der Waals surface area contributed by atoms with Crippen molar-refractivity contribution in [2.75, 3.05) is 6.54 Å². The summed E-state index contributed by atoms with van der Waals surface area (Å²) >= 11 is 0. The third-order valence-corrected chi connectivity index (χ3v) is 2.83. The van der Waals surface area contributed by atoms with Gasteiger partial charge in [0.1, 0.15) is 5.76 Å². The lowest BCUT2D eigenvalue weighted by atomic mass is 10.1. The lowest BCUT2D eigenvalue weighted by molar-refractivity contribution is 0.0943. The van der Waals surface area contributed by atoms with Crippen molar-refractivity contribution in [3.8, 4) is 0 Å². The summed E-state index contributed by atoms with van der Waals surface area (Å²) in [6.07, 6.45) is 0.673. The normalized spacial score (nSPS) is 12.1. The molecule has 0 aliphatic heterocycles. The number of carbonyl (C=O) groups is 1. The molecule has 0 saturated heterocycles. The van der Waals surface area contributed by atoms with Gasteiger partial charge in [-0.2, -0.15) is 0 Å². The topological polar surface area (TPSA) is 81.2 Å². The third kappa shape index (κ3) is 3.66. The van der Waals surface area contributed by atoms with Crippen LogP contribution in [0.2, 0.25) is 0 Å². The van der Waals surface area contributed by atoms with Crippen LogP contribution in [0.25, 0.3) is 0 Å². The van der Waals surface area contributed by atoms with E-state index >= 15 is 0 Å². The fraction of sp³-hybridized carbons (Fsp3) is 0.286. The average molecular weight is 259 g/mol. The number of benzene rings is 1. The van der Waals surface area contributed by atoms with E-state index in [0.717, 1.165) is 5.56 Å². The third-order valence-electron chi connectivity index (χ3n) is 2.83. The van der Waals surface area contributed by atoms with Gasteiger partial charge in [0.05, 0.1) is 0 Å². The van der Waals surface area contributed by atoms with E-state index in [0.29, 0.717) is 24.4 Å². The smallest absolute Gasteiger partial charge is 0.273 e. The summed E-state index contributed by atoms with van der Waals surface area (Å²) in [4.78, 5) is 11.7. The van der Waals surface area contributed by atoms with Crippen molar-refractivity contribution < 1.29 is 9.32 Å². The van der Waals surface area contributed by atoms with E-state index in [1.54, 1.807) is 13.0 Å². The zero-order valence-corrected chi connectivity index (χ0v) is 10.8. The second kappa shape index (κ2) is 6.15. The molecule has 0 radical (unpaired) electrons. The van der Waals surface area contributed by atoms with E-state index in [2.05, 4.69) is 10.5 Å². The lowest BCUT2D eigenvalue weighted by Gasteiger charge is -2.11. The first-order valence-corrected chi connectivity index (χ1v) is 6.19. The van der Waals surface area contributed by atoms with E-state index in [1.807, 2.05) is 30.3 Å². The number of nitrogens with zero attached hydrogens (tertiary/aromatic N) is 1. The molecule has 1 unspecified atom stereocenters. The molecular formula is C14H17N3O2. The molecule has 0 aliphatic carbocycles. The Morgan fingerprint density at radius 3 is 2.79 bits per heavy atom. The number of carbonyl (C=O) groups excluding carboxylic acids is 1. The molecule has 1 atom stereocenters. The summed E-state index contributed by atoms with van der Waals surface area (Å²) in [7, 11) is 0. The molecule has 3 N–H and O–H groups in total. The summed E-state index contributed by atoms with van der Waals surface area (Å²) in [6, 6.07) is 11.3.